The number of anilines is 1. The van der Waals surface area contributed by atoms with Gasteiger partial charge in [-0.3, -0.25) is 4.90 Å². The van der Waals surface area contributed by atoms with Gasteiger partial charge in [0.25, 0.3) is 0 Å². The quantitative estimate of drug-likeness (QED) is 0.813. The molecule has 1 aliphatic carbocycles. The zero-order valence-electron chi connectivity index (χ0n) is 8.07. The maximum absolute atomic E-state index is 4.47. The number of nitrogens with one attached hydrogen (secondary N) is 1. The highest BCUT2D eigenvalue weighted by molar-refractivity contribution is 7.09. The van der Waals surface area contributed by atoms with Gasteiger partial charge in [0.05, 0.1) is 6.54 Å². The summed E-state index contributed by atoms with van der Waals surface area (Å²) >= 11 is 1.50. The third-order valence-electron chi connectivity index (χ3n) is 2.69. The van der Waals surface area contributed by atoms with Gasteiger partial charge in [-0.25, -0.2) is 4.98 Å². The Morgan fingerprint density at radius 2 is 2.29 bits per heavy atom. The van der Waals surface area contributed by atoms with E-state index >= 15 is 0 Å². The molecule has 3 rings (SSSR count). The van der Waals surface area contributed by atoms with Crippen LogP contribution in [0.5, 0.6) is 0 Å². The summed E-state index contributed by atoms with van der Waals surface area (Å²) in [6.45, 7) is 3.36. The Balaban J connectivity index is 1.57. The average Bonchev–Trinajstić information content (AvgIpc) is 2.78. The lowest BCUT2D eigenvalue weighted by atomic mass is 10.2. The second kappa shape index (κ2) is 3.47. The fourth-order valence-corrected chi connectivity index (χ4v) is 2.17. The van der Waals surface area contributed by atoms with E-state index in [0.717, 1.165) is 17.5 Å². The van der Waals surface area contributed by atoms with Crippen molar-refractivity contribution in [2.24, 2.45) is 0 Å². The third kappa shape index (κ3) is 1.88. The van der Waals surface area contributed by atoms with E-state index in [0.29, 0.717) is 6.04 Å². The van der Waals surface area contributed by atoms with Gasteiger partial charge in [-0.05, 0) is 32.4 Å². The van der Waals surface area contributed by atoms with E-state index in [1.54, 1.807) is 0 Å². The molecule has 0 unspecified atom stereocenters. The molecule has 0 amide bonds. The van der Waals surface area contributed by atoms with Crippen LogP contribution in [-0.4, -0.2) is 33.4 Å². The van der Waals surface area contributed by atoms with Crippen molar-refractivity contribution in [1.82, 2.24) is 14.3 Å². The Kier molecular flexibility index (Phi) is 2.14. The Hall–Kier alpha value is -0.680. The molecule has 0 bridgehead atoms. The number of rotatable bonds is 4. The van der Waals surface area contributed by atoms with Crippen molar-refractivity contribution >= 4 is 16.7 Å². The fraction of sp³-hybridized carbons (Fsp3) is 0.778. The Bertz CT molecular complexity index is 316. The fourth-order valence-electron chi connectivity index (χ4n) is 1.52. The minimum Gasteiger partial charge on any atom is -0.358 e. The van der Waals surface area contributed by atoms with Gasteiger partial charge in [0, 0.05) is 17.6 Å². The number of nitrogens with zero attached hydrogens (tertiary/aromatic N) is 3. The van der Waals surface area contributed by atoms with Crippen molar-refractivity contribution in [3.8, 4) is 0 Å². The molecule has 0 aromatic carbocycles. The molecule has 14 heavy (non-hydrogen) atoms. The lowest BCUT2D eigenvalue weighted by Crippen LogP contribution is -2.36. The van der Waals surface area contributed by atoms with Crippen LogP contribution in [0.3, 0.4) is 0 Å². The minimum absolute atomic E-state index is 0.680. The van der Waals surface area contributed by atoms with Gasteiger partial charge in [0.2, 0.25) is 5.13 Å². The average molecular weight is 210 g/mol. The first kappa shape index (κ1) is 8.61. The molecule has 1 saturated carbocycles. The van der Waals surface area contributed by atoms with Gasteiger partial charge in [-0.15, -0.1) is 0 Å². The summed E-state index contributed by atoms with van der Waals surface area (Å²) in [5, 5.41) is 4.37. The zero-order chi connectivity index (χ0) is 9.38. The summed E-state index contributed by atoms with van der Waals surface area (Å²) in [5.74, 6) is 0.984. The number of likely N-dealkylation sites (tertiary alicyclic amines) is 1. The Morgan fingerprint density at radius 1 is 1.43 bits per heavy atom. The summed E-state index contributed by atoms with van der Waals surface area (Å²) in [5.41, 5.74) is 0. The van der Waals surface area contributed by atoms with E-state index in [9.17, 15) is 0 Å². The predicted octanol–water partition coefficient (Wildman–Crippen LogP) is 1.32. The van der Waals surface area contributed by atoms with Crippen molar-refractivity contribution in [2.45, 2.75) is 31.8 Å². The highest BCUT2D eigenvalue weighted by Gasteiger charge is 2.23. The molecule has 2 aliphatic rings. The second-order valence-electron chi connectivity index (χ2n) is 4.06. The van der Waals surface area contributed by atoms with Crippen molar-refractivity contribution in [3.05, 3.63) is 5.82 Å². The van der Waals surface area contributed by atoms with Crippen LogP contribution in [0.4, 0.5) is 5.13 Å². The van der Waals surface area contributed by atoms with Gasteiger partial charge in [0.15, 0.2) is 5.82 Å². The molecular weight excluding hydrogens is 196 g/mol. The van der Waals surface area contributed by atoms with Crippen molar-refractivity contribution < 1.29 is 0 Å². The first-order valence-electron chi connectivity index (χ1n) is 5.21. The topological polar surface area (TPSA) is 41.1 Å². The highest BCUT2D eigenvalue weighted by atomic mass is 32.1. The first-order valence-corrected chi connectivity index (χ1v) is 5.99. The number of aromatic nitrogens is 2. The van der Waals surface area contributed by atoms with E-state index in [-0.39, 0.29) is 0 Å². The summed E-state index contributed by atoms with van der Waals surface area (Å²) < 4.78 is 4.35. The smallest absolute Gasteiger partial charge is 0.202 e. The van der Waals surface area contributed by atoms with Crippen LogP contribution >= 0.6 is 11.5 Å². The number of hydrogen-bond acceptors (Lipinski definition) is 5. The number of hydrogen-bond donors (Lipinski definition) is 1. The Labute approximate surface area is 87.5 Å². The predicted molar refractivity (Wildman–Crippen MR) is 56.4 cm³/mol. The molecule has 0 atom stereocenters. The zero-order valence-corrected chi connectivity index (χ0v) is 8.89. The SMILES string of the molecule is C1CN(Cc2nsc(NC3CC3)n2)C1. The van der Waals surface area contributed by atoms with E-state index in [4.69, 9.17) is 0 Å². The molecule has 5 heteroatoms. The Morgan fingerprint density at radius 3 is 2.93 bits per heavy atom. The molecule has 1 saturated heterocycles. The van der Waals surface area contributed by atoms with Crippen molar-refractivity contribution in [1.29, 1.82) is 0 Å². The van der Waals surface area contributed by atoms with Crippen LogP contribution in [0.15, 0.2) is 0 Å². The summed E-state index contributed by atoms with van der Waals surface area (Å²) in [4.78, 5) is 6.84. The van der Waals surface area contributed by atoms with Crippen LogP contribution in [0.2, 0.25) is 0 Å². The molecular formula is C9H14N4S. The minimum atomic E-state index is 0.680. The van der Waals surface area contributed by atoms with Gasteiger partial charge in [-0.2, -0.15) is 4.37 Å². The van der Waals surface area contributed by atoms with Crippen LogP contribution < -0.4 is 5.32 Å². The molecule has 1 N–H and O–H groups in total. The third-order valence-corrected chi connectivity index (χ3v) is 3.37. The van der Waals surface area contributed by atoms with Crippen LogP contribution in [0, 0.1) is 0 Å². The lowest BCUT2D eigenvalue weighted by molar-refractivity contribution is 0.169. The molecule has 2 fully saturated rings. The maximum Gasteiger partial charge on any atom is 0.202 e. The second-order valence-corrected chi connectivity index (χ2v) is 4.82. The molecule has 1 aliphatic heterocycles. The van der Waals surface area contributed by atoms with E-state index in [1.165, 1.54) is 43.9 Å². The van der Waals surface area contributed by atoms with E-state index < -0.39 is 0 Å². The highest BCUT2D eigenvalue weighted by Crippen LogP contribution is 2.25. The monoisotopic (exact) mass is 210 g/mol. The molecule has 0 spiro atoms. The molecule has 76 valence electrons. The van der Waals surface area contributed by atoms with E-state index in [1.807, 2.05) is 0 Å². The molecule has 2 heterocycles. The lowest BCUT2D eigenvalue weighted by Gasteiger charge is -2.29. The van der Waals surface area contributed by atoms with Gasteiger partial charge < -0.3 is 5.32 Å². The summed E-state index contributed by atoms with van der Waals surface area (Å²) in [6, 6.07) is 0.680. The van der Waals surface area contributed by atoms with Crippen LogP contribution in [0.1, 0.15) is 25.1 Å². The normalized spacial score (nSPS) is 22.0. The van der Waals surface area contributed by atoms with Gasteiger partial charge in [-0.1, -0.05) is 0 Å². The molecule has 1 aromatic heterocycles. The first-order chi connectivity index (χ1) is 6.90. The van der Waals surface area contributed by atoms with Gasteiger partial charge >= 0.3 is 0 Å². The molecule has 1 aromatic rings. The summed E-state index contributed by atoms with van der Waals surface area (Å²) in [7, 11) is 0. The molecule has 0 radical (unpaired) electrons. The standard InChI is InChI=1S/C9H14N4S/c1-4-13(5-1)6-8-11-9(14-12-8)10-7-2-3-7/h7H,1-6H2,(H,10,11,12). The van der Waals surface area contributed by atoms with Crippen LogP contribution in [0.25, 0.3) is 0 Å². The van der Waals surface area contributed by atoms with E-state index in [2.05, 4.69) is 19.6 Å². The largest absolute Gasteiger partial charge is 0.358 e. The molecule has 4 nitrogen and oxygen atoms in total. The van der Waals surface area contributed by atoms with Crippen molar-refractivity contribution in [2.75, 3.05) is 18.4 Å². The summed E-state index contributed by atoms with van der Waals surface area (Å²) in [6.07, 6.45) is 3.92. The van der Waals surface area contributed by atoms with Gasteiger partial charge in [0.1, 0.15) is 0 Å². The maximum atomic E-state index is 4.47. The van der Waals surface area contributed by atoms with Crippen LogP contribution in [-0.2, 0) is 6.54 Å². The van der Waals surface area contributed by atoms with Crippen molar-refractivity contribution in [3.63, 3.8) is 0 Å².